The van der Waals surface area contributed by atoms with Crippen LogP contribution in [0.5, 0.6) is 0 Å². The van der Waals surface area contributed by atoms with E-state index in [-0.39, 0.29) is 0 Å². The molecule has 4 nitrogen and oxygen atoms in total. The number of hydrogen-bond donors (Lipinski definition) is 3. The normalized spacial score (nSPS) is 12.3. The summed E-state index contributed by atoms with van der Waals surface area (Å²) in [6, 6.07) is 9.07. The molecule has 4 heteroatoms. The molecule has 0 saturated carbocycles. The lowest BCUT2D eigenvalue weighted by Gasteiger charge is -2.01. The van der Waals surface area contributed by atoms with Gasteiger partial charge in [0.15, 0.2) is 0 Å². The molecule has 0 atom stereocenters. The number of hydrazine groups is 1. The van der Waals surface area contributed by atoms with E-state index in [1.165, 1.54) is 0 Å². The van der Waals surface area contributed by atoms with Gasteiger partial charge in [-0.25, -0.2) is 4.79 Å². The number of carbonyl (C=O) groups is 1. The Morgan fingerprint density at radius 2 is 1.93 bits per heavy atom. The Morgan fingerprint density at radius 3 is 2.73 bits per heavy atom. The Labute approximate surface area is 85.5 Å². The first-order valence-electron chi connectivity index (χ1n) is 4.58. The van der Waals surface area contributed by atoms with Crippen LogP contribution in [0.1, 0.15) is 10.4 Å². The Kier molecular flexibility index (Phi) is 1.42. The van der Waals surface area contributed by atoms with Crippen molar-refractivity contribution in [2.45, 2.75) is 0 Å². The number of hydrogen-bond acceptors (Lipinski definition) is 3. The van der Waals surface area contributed by atoms with E-state index in [0.29, 0.717) is 5.56 Å². The molecule has 0 fully saturated rings. The molecule has 0 aliphatic carbocycles. The summed E-state index contributed by atoms with van der Waals surface area (Å²) >= 11 is 0. The van der Waals surface area contributed by atoms with Crippen molar-refractivity contribution in [2.24, 2.45) is 0 Å². The molecule has 2 aromatic carbocycles. The molecule has 3 N–H and O–H groups in total. The number of carboxylic acids is 1. The van der Waals surface area contributed by atoms with Crippen LogP contribution in [0, 0.1) is 0 Å². The van der Waals surface area contributed by atoms with Crippen molar-refractivity contribution in [3.05, 3.63) is 35.9 Å². The van der Waals surface area contributed by atoms with E-state index in [2.05, 4.69) is 10.9 Å². The van der Waals surface area contributed by atoms with E-state index >= 15 is 0 Å². The Hall–Kier alpha value is -2.23. The number of aromatic carboxylic acids is 1. The topological polar surface area (TPSA) is 61.4 Å². The van der Waals surface area contributed by atoms with Crippen molar-refractivity contribution >= 4 is 28.1 Å². The lowest BCUT2D eigenvalue weighted by molar-refractivity contribution is 0.0697. The number of rotatable bonds is 1. The molecule has 15 heavy (non-hydrogen) atoms. The van der Waals surface area contributed by atoms with Gasteiger partial charge < -0.3 is 16.0 Å². The maximum absolute atomic E-state index is 10.9. The highest BCUT2D eigenvalue weighted by atomic mass is 16.4. The average molecular weight is 200 g/mol. The molecular formula is C11H8N2O2. The quantitative estimate of drug-likeness (QED) is 0.661. The van der Waals surface area contributed by atoms with Gasteiger partial charge in [0, 0.05) is 5.39 Å². The third kappa shape index (κ3) is 1.05. The summed E-state index contributed by atoms with van der Waals surface area (Å²) in [6.45, 7) is 0. The van der Waals surface area contributed by atoms with Crippen LogP contribution >= 0.6 is 0 Å². The van der Waals surface area contributed by atoms with E-state index in [4.69, 9.17) is 5.11 Å². The Bertz CT molecular complexity index is 578. The fourth-order valence-electron chi connectivity index (χ4n) is 1.89. The second kappa shape index (κ2) is 2.63. The molecule has 2 aromatic rings. The minimum Gasteiger partial charge on any atom is -0.478 e. The van der Waals surface area contributed by atoms with Gasteiger partial charge in [0.05, 0.1) is 16.9 Å². The molecule has 74 valence electrons. The highest BCUT2D eigenvalue weighted by molar-refractivity contribution is 6.09. The minimum absolute atomic E-state index is 0.297. The van der Waals surface area contributed by atoms with Crippen LogP contribution < -0.4 is 10.9 Å². The zero-order valence-electron chi connectivity index (χ0n) is 7.74. The van der Waals surface area contributed by atoms with E-state index in [1.54, 1.807) is 12.1 Å². The molecule has 0 spiro atoms. The maximum Gasteiger partial charge on any atom is 0.335 e. The molecule has 0 radical (unpaired) electrons. The summed E-state index contributed by atoms with van der Waals surface area (Å²) in [5.41, 5.74) is 8.06. The second-order valence-electron chi connectivity index (χ2n) is 3.48. The van der Waals surface area contributed by atoms with Crippen molar-refractivity contribution in [3.8, 4) is 0 Å². The van der Waals surface area contributed by atoms with Gasteiger partial charge in [0.2, 0.25) is 0 Å². The molecule has 0 saturated heterocycles. The molecule has 1 aliphatic rings. The van der Waals surface area contributed by atoms with Gasteiger partial charge in [-0.2, -0.15) is 0 Å². The third-order valence-corrected chi connectivity index (χ3v) is 2.56. The van der Waals surface area contributed by atoms with E-state index in [1.807, 2.05) is 18.2 Å². The predicted octanol–water partition coefficient (Wildman–Crippen LogP) is 2.29. The van der Waals surface area contributed by atoms with Crippen LogP contribution in [0.25, 0.3) is 10.8 Å². The molecular weight excluding hydrogens is 192 g/mol. The first kappa shape index (κ1) is 8.11. The summed E-state index contributed by atoms with van der Waals surface area (Å²) in [7, 11) is 0. The van der Waals surface area contributed by atoms with Crippen LogP contribution in [0.3, 0.4) is 0 Å². The summed E-state index contributed by atoms with van der Waals surface area (Å²) < 4.78 is 0. The Morgan fingerprint density at radius 1 is 1.13 bits per heavy atom. The molecule has 0 amide bonds. The summed E-state index contributed by atoms with van der Waals surface area (Å²) in [5, 5.41) is 10.9. The molecule has 0 bridgehead atoms. The maximum atomic E-state index is 10.9. The van der Waals surface area contributed by atoms with Gasteiger partial charge in [-0.15, -0.1) is 0 Å². The third-order valence-electron chi connectivity index (χ3n) is 2.56. The fraction of sp³-hybridized carbons (Fsp3) is 0. The summed E-state index contributed by atoms with van der Waals surface area (Å²) in [5.74, 6) is -0.910. The number of anilines is 2. The zero-order valence-corrected chi connectivity index (χ0v) is 7.74. The van der Waals surface area contributed by atoms with Crippen LogP contribution in [0.2, 0.25) is 0 Å². The van der Waals surface area contributed by atoms with Crippen molar-refractivity contribution in [1.29, 1.82) is 0 Å². The Balaban J connectivity index is 2.41. The predicted molar refractivity (Wildman–Crippen MR) is 58.2 cm³/mol. The molecule has 0 unspecified atom stereocenters. The van der Waals surface area contributed by atoms with Crippen LogP contribution in [-0.4, -0.2) is 11.1 Å². The smallest absolute Gasteiger partial charge is 0.335 e. The zero-order chi connectivity index (χ0) is 10.4. The van der Waals surface area contributed by atoms with Crippen molar-refractivity contribution in [3.63, 3.8) is 0 Å². The lowest BCUT2D eigenvalue weighted by atomic mass is 10.0. The monoisotopic (exact) mass is 200 g/mol. The first-order valence-corrected chi connectivity index (χ1v) is 4.58. The molecule has 3 rings (SSSR count). The van der Waals surface area contributed by atoms with Crippen molar-refractivity contribution in [2.75, 3.05) is 10.9 Å². The molecule has 0 aromatic heterocycles. The average Bonchev–Trinajstić information content (AvgIpc) is 2.64. The number of benzene rings is 2. The number of carboxylic acid groups (broad SMARTS) is 1. The van der Waals surface area contributed by atoms with E-state index in [0.717, 1.165) is 22.1 Å². The van der Waals surface area contributed by atoms with Crippen molar-refractivity contribution < 1.29 is 9.90 Å². The van der Waals surface area contributed by atoms with Crippen LogP contribution in [-0.2, 0) is 0 Å². The van der Waals surface area contributed by atoms with Gasteiger partial charge >= 0.3 is 5.97 Å². The molecule has 1 aliphatic heterocycles. The first-order chi connectivity index (χ1) is 7.25. The van der Waals surface area contributed by atoms with E-state index < -0.39 is 5.97 Å². The minimum atomic E-state index is -0.910. The van der Waals surface area contributed by atoms with E-state index in [9.17, 15) is 4.79 Å². The van der Waals surface area contributed by atoms with Gasteiger partial charge in [0.25, 0.3) is 0 Å². The fourth-order valence-corrected chi connectivity index (χ4v) is 1.89. The molecule has 1 heterocycles. The van der Waals surface area contributed by atoms with Gasteiger partial charge in [-0.3, -0.25) is 0 Å². The highest BCUT2D eigenvalue weighted by Gasteiger charge is 2.15. The standard InChI is InChI=1S/C11H8N2O2/c14-11(15)7-4-6-2-1-3-8-10(6)9(5-7)13-12-8/h1-5,12-13H,(H,14,15). The number of nitrogens with one attached hydrogen (secondary N) is 2. The van der Waals surface area contributed by atoms with Crippen LogP contribution in [0.4, 0.5) is 11.4 Å². The van der Waals surface area contributed by atoms with Crippen molar-refractivity contribution in [1.82, 2.24) is 0 Å². The van der Waals surface area contributed by atoms with Crippen LogP contribution in [0.15, 0.2) is 30.3 Å². The largest absolute Gasteiger partial charge is 0.478 e. The highest BCUT2D eigenvalue weighted by Crippen LogP contribution is 2.35. The summed E-state index contributed by atoms with van der Waals surface area (Å²) in [4.78, 5) is 10.9. The SMILES string of the molecule is O=C(O)c1cc2c3c(cccc3c1)NN2. The second-order valence-corrected chi connectivity index (χ2v) is 3.48. The van der Waals surface area contributed by atoms with Gasteiger partial charge in [0.1, 0.15) is 0 Å². The summed E-state index contributed by atoms with van der Waals surface area (Å²) in [6.07, 6.45) is 0. The van der Waals surface area contributed by atoms with Gasteiger partial charge in [-0.05, 0) is 23.6 Å². The van der Waals surface area contributed by atoms with Gasteiger partial charge in [-0.1, -0.05) is 12.1 Å². The lowest BCUT2D eigenvalue weighted by Crippen LogP contribution is -2.02.